The van der Waals surface area contributed by atoms with E-state index in [9.17, 15) is 0 Å². The van der Waals surface area contributed by atoms with Gasteiger partial charge in [0.25, 0.3) is 0 Å². The second-order valence-electron chi connectivity index (χ2n) is 7.58. The molecule has 6 nitrogen and oxygen atoms in total. The van der Waals surface area contributed by atoms with Crippen LogP contribution in [0.25, 0.3) is 0 Å². The molecule has 1 aliphatic carbocycles. The number of allylic oxidation sites excluding steroid dienone is 1. The first-order valence-corrected chi connectivity index (χ1v) is 10.9. The van der Waals surface area contributed by atoms with Gasteiger partial charge in [-0.2, -0.15) is 0 Å². The molecule has 0 radical (unpaired) electrons. The quantitative estimate of drug-likeness (QED) is 0.164. The molecule has 2 aliphatic rings. The van der Waals surface area contributed by atoms with Crippen molar-refractivity contribution in [2.24, 2.45) is 4.99 Å². The molecule has 0 saturated carbocycles. The summed E-state index contributed by atoms with van der Waals surface area (Å²) in [6.45, 7) is 7.53. The summed E-state index contributed by atoms with van der Waals surface area (Å²) in [5.41, 5.74) is 1.60. The zero-order valence-electron chi connectivity index (χ0n) is 17.5. The van der Waals surface area contributed by atoms with E-state index in [0.717, 1.165) is 83.5 Å². The van der Waals surface area contributed by atoms with Gasteiger partial charge in [0.2, 0.25) is 0 Å². The van der Waals surface area contributed by atoms with Crippen LogP contribution in [-0.4, -0.2) is 63.3 Å². The number of nitrogens with one attached hydrogen (secondary N) is 2. The lowest BCUT2D eigenvalue weighted by Gasteiger charge is -2.26. The van der Waals surface area contributed by atoms with Crippen molar-refractivity contribution in [3.63, 3.8) is 0 Å². The average molecular weight is 516 g/mol. The molecule has 1 aliphatic heterocycles. The number of hydrogen-bond donors (Lipinski definition) is 2. The van der Waals surface area contributed by atoms with Gasteiger partial charge in [-0.1, -0.05) is 11.6 Å². The van der Waals surface area contributed by atoms with E-state index in [1.54, 1.807) is 11.8 Å². The minimum absolute atomic E-state index is 0. The van der Waals surface area contributed by atoms with Crippen molar-refractivity contribution < 1.29 is 9.15 Å². The van der Waals surface area contributed by atoms with E-state index >= 15 is 0 Å². The molecule has 0 atom stereocenters. The minimum Gasteiger partial charge on any atom is -0.469 e. The zero-order chi connectivity index (χ0) is 19.3. The maximum atomic E-state index is 5.42. The number of guanidine groups is 1. The van der Waals surface area contributed by atoms with Crippen LogP contribution in [0.5, 0.6) is 0 Å². The summed E-state index contributed by atoms with van der Waals surface area (Å²) in [4.78, 5) is 7.26. The smallest absolute Gasteiger partial charge is 0.191 e. The van der Waals surface area contributed by atoms with Gasteiger partial charge in [0.15, 0.2) is 5.96 Å². The highest BCUT2D eigenvalue weighted by Gasteiger charge is 2.09. The lowest BCUT2D eigenvalue weighted by atomic mass is 9.97. The molecule has 1 saturated heterocycles. The topological polar surface area (TPSA) is 62.0 Å². The van der Waals surface area contributed by atoms with Crippen LogP contribution in [0.2, 0.25) is 0 Å². The monoisotopic (exact) mass is 516 g/mol. The van der Waals surface area contributed by atoms with Crippen molar-refractivity contribution in [3.05, 3.63) is 35.8 Å². The molecule has 7 heteroatoms. The van der Waals surface area contributed by atoms with Crippen molar-refractivity contribution in [2.75, 3.05) is 52.5 Å². The fraction of sp³-hybridized carbons (Fsp3) is 0.682. The van der Waals surface area contributed by atoms with Crippen LogP contribution in [0.15, 0.2) is 39.5 Å². The molecule has 0 unspecified atom stereocenters. The van der Waals surface area contributed by atoms with Gasteiger partial charge < -0.3 is 19.8 Å². The van der Waals surface area contributed by atoms with Crippen LogP contribution in [-0.2, 0) is 11.2 Å². The van der Waals surface area contributed by atoms with Crippen molar-refractivity contribution in [1.82, 2.24) is 15.5 Å². The highest BCUT2D eigenvalue weighted by molar-refractivity contribution is 14.0. The highest BCUT2D eigenvalue weighted by atomic mass is 127. The second-order valence-corrected chi connectivity index (χ2v) is 7.58. The molecular formula is C22H37IN4O2. The molecule has 164 valence electrons. The lowest BCUT2D eigenvalue weighted by molar-refractivity contribution is 0.0377. The summed E-state index contributed by atoms with van der Waals surface area (Å²) in [5.74, 6) is 1.93. The molecule has 0 bridgehead atoms. The SMILES string of the molecule is C1=C(CCNC(=NCCCN2CCOCC2)NCCc2ccco2)CCCC1.I. The van der Waals surface area contributed by atoms with E-state index in [4.69, 9.17) is 14.1 Å². The van der Waals surface area contributed by atoms with E-state index in [0.29, 0.717) is 0 Å². The predicted molar refractivity (Wildman–Crippen MR) is 129 cm³/mol. The third-order valence-electron chi connectivity index (χ3n) is 5.37. The van der Waals surface area contributed by atoms with Crippen LogP contribution in [0.1, 0.15) is 44.3 Å². The van der Waals surface area contributed by atoms with Crippen LogP contribution < -0.4 is 10.6 Å². The summed E-state index contributed by atoms with van der Waals surface area (Å²) < 4.78 is 10.8. The van der Waals surface area contributed by atoms with Gasteiger partial charge in [-0.05, 0) is 50.7 Å². The molecule has 0 aromatic carbocycles. The summed E-state index contributed by atoms with van der Waals surface area (Å²) in [5, 5.41) is 6.98. The number of aliphatic imine (C=N–C) groups is 1. The Bertz CT molecular complexity index is 598. The molecule has 2 heterocycles. The number of ether oxygens (including phenoxy) is 1. The Kier molecular flexibility index (Phi) is 12.4. The summed E-state index contributed by atoms with van der Waals surface area (Å²) >= 11 is 0. The van der Waals surface area contributed by atoms with Gasteiger partial charge in [-0.15, -0.1) is 24.0 Å². The summed E-state index contributed by atoms with van der Waals surface area (Å²) in [7, 11) is 0. The van der Waals surface area contributed by atoms with Crippen LogP contribution in [0.4, 0.5) is 0 Å². The van der Waals surface area contributed by atoms with Crippen LogP contribution in [0, 0.1) is 0 Å². The first-order chi connectivity index (χ1) is 13.9. The van der Waals surface area contributed by atoms with E-state index in [1.807, 2.05) is 12.1 Å². The second kappa shape index (κ2) is 14.8. The van der Waals surface area contributed by atoms with Gasteiger partial charge in [0.1, 0.15) is 5.76 Å². The summed E-state index contributed by atoms with van der Waals surface area (Å²) in [6, 6.07) is 3.95. The third-order valence-corrected chi connectivity index (χ3v) is 5.37. The van der Waals surface area contributed by atoms with Gasteiger partial charge >= 0.3 is 0 Å². The Labute approximate surface area is 192 Å². The number of rotatable bonds is 10. The van der Waals surface area contributed by atoms with E-state index < -0.39 is 0 Å². The number of hydrogen-bond acceptors (Lipinski definition) is 4. The van der Waals surface area contributed by atoms with Gasteiger partial charge in [0.05, 0.1) is 19.5 Å². The first-order valence-electron chi connectivity index (χ1n) is 10.9. The van der Waals surface area contributed by atoms with Crippen molar-refractivity contribution in [2.45, 2.75) is 44.9 Å². The maximum Gasteiger partial charge on any atom is 0.191 e. The first kappa shape index (κ1) is 24.2. The minimum atomic E-state index is 0. The molecule has 29 heavy (non-hydrogen) atoms. The molecular weight excluding hydrogens is 479 g/mol. The number of furan rings is 1. The molecule has 0 amide bonds. The Balaban J connectivity index is 0.00000300. The fourth-order valence-electron chi connectivity index (χ4n) is 3.72. The zero-order valence-corrected chi connectivity index (χ0v) is 19.9. The van der Waals surface area contributed by atoms with Crippen LogP contribution in [0.3, 0.4) is 0 Å². The number of halogens is 1. The van der Waals surface area contributed by atoms with Gasteiger partial charge in [-0.25, -0.2) is 0 Å². The van der Waals surface area contributed by atoms with Crippen molar-refractivity contribution in [1.29, 1.82) is 0 Å². The summed E-state index contributed by atoms with van der Waals surface area (Å²) in [6.07, 6.45) is 12.4. The molecule has 0 spiro atoms. The van der Waals surface area contributed by atoms with Gasteiger partial charge in [-0.3, -0.25) is 9.89 Å². The normalized spacial score (nSPS) is 18.1. The van der Waals surface area contributed by atoms with E-state index in [2.05, 4.69) is 21.6 Å². The third kappa shape index (κ3) is 10.00. The maximum absolute atomic E-state index is 5.42. The van der Waals surface area contributed by atoms with E-state index in [1.165, 1.54) is 25.7 Å². The number of nitrogens with zero attached hydrogens (tertiary/aromatic N) is 2. The van der Waals surface area contributed by atoms with Crippen molar-refractivity contribution >= 4 is 29.9 Å². The van der Waals surface area contributed by atoms with Crippen molar-refractivity contribution in [3.8, 4) is 0 Å². The Morgan fingerprint density at radius 3 is 2.66 bits per heavy atom. The molecule has 1 aromatic heterocycles. The molecule has 3 rings (SSSR count). The Morgan fingerprint density at radius 2 is 1.93 bits per heavy atom. The van der Waals surface area contributed by atoms with Gasteiger partial charge in [0, 0.05) is 45.7 Å². The highest BCUT2D eigenvalue weighted by Crippen LogP contribution is 2.19. The lowest BCUT2D eigenvalue weighted by Crippen LogP contribution is -2.39. The molecule has 1 fully saturated rings. The van der Waals surface area contributed by atoms with Crippen LogP contribution >= 0.6 is 24.0 Å². The standard InChI is InChI=1S/C22H36N4O2.HI/c1-2-6-20(7-3-1)9-12-24-22(25-13-10-21-8-4-17-28-21)23-11-5-14-26-15-18-27-19-16-26;/h4,6,8,17H,1-3,5,7,9-16,18-19H2,(H2,23,24,25);1H. The average Bonchev–Trinajstić information content (AvgIpc) is 3.26. The predicted octanol–water partition coefficient (Wildman–Crippen LogP) is 3.59. The number of morpholine rings is 1. The fourth-order valence-corrected chi connectivity index (χ4v) is 3.72. The Morgan fingerprint density at radius 1 is 1.10 bits per heavy atom. The molecule has 2 N–H and O–H groups in total. The Hall–Kier alpha value is -1.06. The van der Waals surface area contributed by atoms with E-state index in [-0.39, 0.29) is 24.0 Å². The largest absolute Gasteiger partial charge is 0.469 e. The molecule has 1 aromatic rings.